The summed E-state index contributed by atoms with van der Waals surface area (Å²) >= 11 is 0. The van der Waals surface area contributed by atoms with Gasteiger partial charge in [0.25, 0.3) is 5.91 Å². The number of carbonyl (C=O) groups excluding carboxylic acids is 1. The van der Waals surface area contributed by atoms with Crippen LogP contribution in [0.1, 0.15) is 66.8 Å². The lowest BCUT2D eigenvalue weighted by Gasteiger charge is -2.46. The lowest BCUT2D eigenvalue weighted by Crippen LogP contribution is -2.43. The van der Waals surface area contributed by atoms with Gasteiger partial charge in [0.2, 0.25) is 0 Å². The topological polar surface area (TPSA) is 89.1 Å². The predicted octanol–water partition coefficient (Wildman–Crippen LogP) is 4.07. The van der Waals surface area contributed by atoms with Crippen molar-refractivity contribution in [2.24, 2.45) is 13.0 Å². The molecule has 6 rings (SSSR count). The van der Waals surface area contributed by atoms with Gasteiger partial charge in [0.15, 0.2) is 0 Å². The van der Waals surface area contributed by atoms with Crippen LogP contribution in [0.25, 0.3) is 5.65 Å². The molecule has 1 amide bonds. The minimum absolute atomic E-state index is 0.160. The number of aryl methyl sites for hydroxylation is 1. The molecular weight excluding hydrogens is 438 g/mol. The molecule has 180 valence electrons. The van der Waals surface area contributed by atoms with E-state index >= 15 is 0 Å². The van der Waals surface area contributed by atoms with Gasteiger partial charge in [-0.2, -0.15) is 0 Å². The molecule has 35 heavy (non-hydrogen) atoms. The standard InChI is InChI=1S/C27H31N7O/c1-18-13-27(14-18,25-32-30-17-33(25)3)20-5-4-6-21(12-20)31-24(35)22-11-19(15-29-26(2)7-8-26)16-34-10-9-28-23(22)34/h4-6,9-12,16-18,29H,7-8,13-15H2,1-3H3,(H,31,35). The number of hydrogen-bond acceptors (Lipinski definition) is 5. The van der Waals surface area contributed by atoms with Crippen molar-refractivity contribution >= 4 is 17.2 Å². The Morgan fingerprint density at radius 2 is 2.06 bits per heavy atom. The van der Waals surface area contributed by atoms with Gasteiger partial charge in [-0.15, -0.1) is 10.2 Å². The molecule has 2 saturated carbocycles. The largest absolute Gasteiger partial charge is 0.322 e. The van der Waals surface area contributed by atoms with Crippen molar-refractivity contribution in [2.75, 3.05) is 5.32 Å². The lowest BCUT2D eigenvalue weighted by atomic mass is 9.58. The molecule has 0 aliphatic heterocycles. The molecule has 1 aromatic carbocycles. The van der Waals surface area contributed by atoms with Gasteiger partial charge in [-0.1, -0.05) is 19.1 Å². The minimum Gasteiger partial charge on any atom is -0.322 e. The molecule has 3 heterocycles. The van der Waals surface area contributed by atoms with Crippen molar-refractivity contribution in [1.82, 2.24) is 29.5 Å². The normalized spacial score (nSPS) is 22.7. The summed E-state index contributed by atoms with van der Waals surface area (Å²) in [6.45, 7) is 5.22. The van der Waals surface area contributed by atoms with Crippen molar-refractivity contribution < 1.29 is 4.79 Å². The zero-order chi connectivity index (χ0) is 24.2. The van der Waals surface area contributed by atoms with Gasteiger partial charge >= 0.3 is 0 Å². The highest BCUT2D eigenvalue weighted by Crippen LogP contribution is 2.51. The van der Waals surface area contributed by atoms with E-state index in [1.165, 1.54) is 12.8 Å². The Labute approximate surface area is 204 Å². The van der Waals surface area contributed by atoms with Gasteiger partial charge in [-0.25, -0.2) is 4.98 Å². The first kappa shape index (κ1) is 22.0. The Hall–Kier alpha value is -3.52. The summed E-state index contributed by atoms with van der Waals surface area (Å²) in [5, 5.41) is 15.3. The van der Waals surface area contributed by atoms with E-state index in [9.17, 15) is 4.79 Å². The molecule has 2 aliphatic rings. The van der Waals surface area contributed by atoms with Crippen LogP contribution in [-0.4, -0.2) is 35.6 Å². The first-order valence-electron chi connectivity index (χ1n) is 12.3. The molecule has 8 heteroatoms. The molecule has 0 bridgehead atoms. The molecular formula is C27H31N7O. The van der Waals surface area contributed by atoms with E-state index in [4.69, 9.17) is 0 Å². The van der Waals surface area contributed by atoms with Gasteiger partial charge in [-0.05, 0) is 67.9 Å². The maximum Gasteiger partial charge on any atom is 0.259 e. The van der Waals surface area contributed by atoms with Gasteiger partial charge < -0.3 is 19.6 Å². The van der Waals surface area contributed by atoms with Crippen LogP contribution in [0.2, 0.25) is 0 Å². The quantitative estimate of drug-likeness (QED) is 0.426. The first-order chi connectivity index (χ1) is 16.9. The number of nitrogens with one attached hydrogen (secondary N) is 2. The Bertz CT molecular complexity index is 1410. The summed E-state index contributed by atoms with van der Waals surface area (Å²) in [4.78, 5) is 17.9. The van der Waals surface area contributed by atoms with Gasteiger partial charge in [-0.3, -0.25) is 4.79 Å². The lowest BCUT2D eigenvalue weighted by molar-refractivity contribution is 0.102. The van der Waals surface area contributed by atoms with Crippen molar-refractivity contribution in [1.29, 1.82) is 0 Å². The summed E-state index contributed by atoms with van der Waals surface area (Å²) in [7, 11) is 1.99. The maximum absolute atomic E-state index is 13.5. The van der Waals surface area contributed by atoms with E-state index in [2.05, 4.69) is 51.8 Å². The van der Waals surface area contributed by atoms with Crippen LogP contribution in [-0.2, 0) is 19.0 Å². The van der Waals surface area contributed by atoms with Crippen LogP contribution < -0.4 is 10.6 Å². The molecule has 0 radical (unpaired) electrons. The summed E-state index contributed by atoms with van der Waals surface area (Å²) < 4.78 is 3.93. The second kappa shape index (κ2) is 8.02. The highest BCUT2D eigenvalue weighted by Gasteiger charge is 2.48. The third-order valence-electron chi connectivity index (χ3n) is 7.71. The molecule has 0 spiro atoms. The van der Waals surface area contributed by atoms with Gasteiger partial charge in [0.05, 0.1) is 11.0 Å². The molecule has 8 nitrogen and oxygen atoms in total. The molecule has 2 N–H and O–H groups in total. The van der Waals surface area contributed by atoms with Crippen molar-refractivity contribution in [3.05, 3.63) is 77.8 Å². The van der Waals surface area contributed by atoms with Gasteiger partial charge in [0.1, 0.15) is 17.8 Å². The van der Waals surface area contributed by atoms with E-state index in [-0.39, 0.29) is 16.9 Å². The van der Waals surface area contributed by atoms with E-state index in [0.29, 0.717) is 17.1 Å². The molecule has 3 aromatic heterocycles. The molecule has 0 atom stereocenters. The van der Waals surface area contributed by atoms with E-state index < -0.39 is 0 Å². The Morgan fingerprint density at radius 3 is 2.77 bits per heavy atom. The summed E-state index contributed by atoms with van der Waals surface area (Å²) in [6.07, 6.45) is 11.8. The Morgan fingerprint density at radius 1 is 1.23 bits per heavy atom. The number of hydrogen-bond donors (Lipinski definition) is 2. The van der Waals surface area contributed by atoms with Crippen LogP contribution in [0.4, 0.5) is 5.69 Å². The fourth-order valence-corrected chi connectivity index (χ4v) is 5.52. The third kappa shape index (κ3) is 3.91. The number of anilines is 1. The van der Waals surface area contributed by atoms with Crippen LogP contribution in [0.5, 0.6) is 0 Å². The van der Waals surface area contributed by atoms with Crippen LogP contribution >= 0.6 is 0 Å². The van der Waals surface area contributed by atoms with Crippen molar-refractivity contribution in [3.63, 3.8) is 0 Å². The summed E-state index contributed by atoms with van der Waals surface area (Å²) in [6, 6.07) is 10.1. The third-order valence-corrected chi connectivity index (χ3v) is 7.71. The number of benzene rings is 1. The number of rotatable bonds is 7. The minimum atomic E-state index is -0.174. The highest BCUT2D eigenvalue weighted by atomic mass is 16.1. The second-order valence-electron chi connectivity index (χ2n) is 10.7. The predicted molar refractivity (Wildman–Crippen MR) is 134 cm³/mol. The number of aromatic nitrogens is 5. The second-order valence-corrected chi connectivity index (χ2v) is 10.7. The number of nitrogens with zero attached hydrogens (tertiary/aromatic N) is 5. The molecule has 2 fully saturated rings. The number of imidazole rings is 1. The average molecular weight is 470 g/mol. The number of pyridine rings is 1. The SMILES string of the molecule is CC1CC(c2cccc(NC(=O)c3cc(CNC4(C)CC4)cn4ccnc34)c2)(c2nncn2C)C1. The van der Waals surface area contributed by atoms with Crippen LogP contribution in [0.15, 0.2) is 55.2 Å². The summed E-state index contributed by atoms with van der Waals surface area (Å²) in [5.41, 5.74) is 4.27. The molecule has 2 aliphatic carbocycles. The van der Waals surface area contributed by atoms with E-state index in [0.717, 1.165) is 42.0 Å². The molecule has 4 aromatic rings. The number of amides is 1. The monoisotopic (exact) mass is 469 g/mol. The van der Waals surface area contributed by atoms with E-state index in [1.807, 2.05) is 46.6 Å². The fourth-order valence-electron chi connectivity index (χ4n) is 5.52. The summed E-state index contributed by atoms with van der Waals surface area (Å²) in [5.74, 6) is 1.43. The van der Waals surface area contributed by atoms with Gasteiger partial charge in [0, 0.05) is 43.4 Å². The molecule has 0 unspecified atom stereocenters. The fraction of sp³-hybridized carbons (Fsp3) is 0.407. The highest BCUT2D eigenvalue weighted by molar-refractivity contribution is 6.08. The number of carbonyl (C=O) groups is 1. The Kier molecular flexibility index (Phi) is 5.03. The smallest absolute Gasteiger partial charge is 0.259 e. The maximum atomic E-state index is 13.5. The van der Waals surface area contributed by atoms with E-state index in [1.54, 1.807) is 12.5 Å². The molecule has 0 saturated heterocycles. The zero-order valence-electron chi connectivity index (χ0n) is 20.5. The average Bonchev–Trinajstić information content (AvgIpc) is 3.18. The Balaban J connectivity index is 1.29. The van der Waals surface area contributed by atoms with Crippen LogP contribution in [0.3, 0.4) is 0 Å². The van der Waals surface area contributed by atoms with Crippen molar-refractivity contribution in [2.45, 2.75) is 57.0 Å². The first-order valence-corrected chi connectivity index (χ1v) is 12.3. The number of fused-ring (bicyclic) bond motifs is 1. The zero-order valence-corrected chi connectivity index (χ0v) is 20.5. The van der Waals surface area contributed by atoms with Crippen molar-refractivity contribution in [3.8, 4) is 0 Å². The van der Waals surface area contributed by atoms with Crippen LogP contribution in [0, 0.1) is 5.92 Å².